The summed E-state index contributed by atoms with van der Waals surface area (Å²) in [5.41, 5.74) is 1.71. The molecule has 0 aromatic heterocycles. The maximum absolute atomic E-state index is 2.31. The first-order chi connectivity index (χ1) is 9.47. The monoisotopic (exact) mass is 252 g/mol. The van der Waals surface area contributed by atoms with E-state index < -0.39 is 0 Å². The molecule has 4 aliphatic rings. The van der Waals surface area contributed by atoms with Crippen molar-refractivity contribution in [3.8, 4) is 0 Å². The van der Waals surface area contributed by atoms with Crippen LogP contribution in [0.25, 0.3) is 0 Å². The molecule has 100 valence electrons. The minimum absolute atomic E-state index is 0.940. The highest BCUT2D eigenvalue weighted by atomic mass is 14.2. The molecule has 0 heteroatoms. The van der Waals surface area contributed by atoms with Gasteiger partial charge in [0.25, 0.3) is 0 Å². The number of rotatable bonds is 0. The molecule has 0 bridgehead atoms. The number of fused-ring (bicyclic) bond motifs is 1. The van der Waals surface area contributed by atoms with Gasteiger partial charge in [0, 0.05) is 0 Å². The molecule has 0 aliphatic heterocycles. The van der Waals surface area contributed by atoms with Gasteiger partial charge in [-0.25, -0.2) is 0 Å². The Balaban J connectivity index is 0.000000114. The van der Waals surface area contributed by atoms with Crippen molar-refractivity contribution >= 4 is 0 Å². The van der Waals surface area contributed by atoms with Crippen molar-refractivity contribution in [2.45, 2.75) is 38.5 Å². The molecule has 0 radical (unpaired) electrons. The minimum atomic E-state index is 0.940. The lowest BCUT2D eigenvalue weighted by Gasteiger charge is -2.11. The molecule has 0 aromatic carbocycles. The van der Waals surface area contributed by atoms with Crippen molar-refractivity contribution in [2.75, 3.05) is 0 Å². The minimum Gasteiger partial charge on any atom is -0.0839 e. The van der Waals surface area contributed by atoms with E-state index in [1.165, 1.54) is 25.7 Å². The third kappa shape index (κ3) is 5.30. The summed E-state index contributed by atoms with van der Waals surface area (Å²) in [6.45, 7) is 0. The lowest BCUT2D eigenvalue weighted by atomic mass is 9.95. The Bertz CT molecular complexity index is 385. The predicted octanol–water partition coefficient (Wildman–Crippen LogP) is 5.68. The van der Waals surface area contributed by atoms with Gasteiger partial charge in [0.1, 0.15) is 0 Å². The standard InChI is InChI=1S/C9H12.2C5H6/c1-2-5-9-7-3-6-8(9)4-1;2*1-2-4-5-3-1/h1-2,4,9H,3,5-7H2;2*1-4H,5H2. The van der Waals surface area contributed by atoms with Crippen LogP contribution in [-0.2, 0) is 0 Å². The molecule has 0 aromatic rings. The Hall–Kier alpha value is -1.56. The maximum atomic E-state index is 2.31. The third-order valence-electron chi connectivity index (χ3n) is 3.72. The lowest BCUT2D eigenvalue weighted by Crippen LogP contribution is -1.96. The molecule has 0 saturated heterocycles. The Morgan fingerprint density at radius 3 is 1.84 bits per heavy atom. The van der Waals surface area contributed by atoms with E-state index in [1.54, 1.807) is 5.57 Å². The second-order valence-corrected chi connectivity index (χ2v) is 5.18. The molecule has 0 nitrogen and oxygen atoms in total. The summed E-state index contributed by atoms with van der Waals surface area (Å²) in [7, 11) is 0. The largest absolute Gasteiger partial charge is 0.0839 e. The van der Waals surface area contributed by atoms with Gasteiger partial charge in [0.2, 0.25) is 0 Å². The third-order valence-corrected chi connectivity index (χ3v) is 3.72. The molecule has 0 N–H and O–H groups in total. The zero-order valence-electron chi connectivity index (χ0n) is 11.7. The van der Waals surface area contributed by atoms with E-state index in [-0.39, 0.29) is 0 Å². The molecule has 0 heterocycles. The summed E-state index contributed by atoms with van der Waals surface area (Å²) in [6, 6.07) is 0. The van der Waals surface area contributed by atoms with E-state index >= 15 is 0 Å². The van der Waals surface area contributed by atoms with Gasteiger partial charge in [-0.2, -0.15) is 0 Å². The summed E-state index contributed by atoms with van der Waals surface area (Å²) in [5.74, 6) is 0.940. The molecule has 4 rings (SSSR count). The molecule has 1 fully saturated rings. The van der Waals surface area contributed by atoms with Crippen molar-refractivity contribution < 1.29 is 0 Å². The van der Waals surface area contributed by atoms with E-state index in [9.17, 15) is 0 Å². The highest BCUT2D eigenvalue weighted by Crippen LogP contribution is 2.35. The van der Waals surface area contributed by atoms with Gasteiger partial charge < -0.3 is 0 Å². The van der Waals surface area contributed by atoms with Crippen LogP contribution in [0.1, 0.15) is 38.5 Å². The van der Waals surface area contributed by atoms with E-state index in [0.717, 1.165) is 18.8 Å². The van der Waals surface area contributed by atoms with Crippen LogP contribution in [0.3, 0.4) is 0 Å². The van der Waals surface area contributed by atoms with E-state index in [2.05, 4.69) is 66.8 Å². The van der Waals surface area contributed by atoms with E-state index in [1.807, 2.05) is 0 Å². The van der Waals surface area contributed by atoms with Gasteiger partial charge >= 0.3 is 0 Å². The highest BCUT2D eigenvalue weighted by molar-refractivity contribution is 5.23. The zero-order chi connectivity index (χ0) is 13.2. The van der Waals surface area contributed by atoms with Crippen LogP contribution in [0, 0.1) is 5.92 Å². The highest BCUT2D eigenvalue weighted by Gasteiger charge is 2.19. The van der Waals surface area contributed by atoms with Crippen LogP contribution in [0.5, 0.6) is 0 Å². The number of hydrogen-bond donors (Lipinski definition) is 0. The first-order valence-electron chi connectivity index (χ1n) is 7.46. The Kier molecular flexibility index (Phi) is 6.22. The summed E-state index contributed by atoms with van der Waals surface area (Å²) in [6.07, 6.45) is 31.4. The van der Waals surface area contributed by atoms with Crippen LogP contribution < -0.4 is 0 Å². The summed E-state index contributed by atoms with van der Waals surface area (Å²) in [4.78, 5) is 0. The average molecular weight is 252 g/mol. The summed E-state index contributed by atoms with van der Waals surface area (Å²) >= 11 is 0. The van der Waals surface area contributed by atoms with Crippen molar-refractivity contribution in [2.24, 2.45) is 5.92 Å². The van der Waals surface area contributed by atoms with Crippen molar-refractivity contribution in [1.82, 2.24) is 0 Å². The molecular formula is C19H24. The fourth-order valence-electron chi connectivity index (χ4n) is 2.65. The first-order valence-corrected chi connectivity index (χ1v) is 7.46. The van der Waals surface area contributed by atoms with Gasteiger partial charge in [-0.05, 0) is 44.4 Å². The Morgan fingerprint density at radius 2 is 1.37 bits per heavy atom. The molecular weight excluding hydrogens is 228 g/mol. The maximum Gasteiger partial charge on any atom is -0.0163 e. The average Bonchev–Trinajstić information content (AvgIpc) is 3.22. The van der Waals surface area contributed by atoms with Gasteiger partial charge in [0.15, 0.2) is 0 Å². The van der Waals surface area contributed by atoms with Gasteiger partial charge in [0.05, 0.1) is 0 Å². The molecule has 1 atom stereocenters. The van der Waals surface area contributed by atoms with Gasteiger partial charge in [-0.15, -0.1) is 0 Å². The first kappa shape index (κ1) is 13.9. The molecule has 1 saturated carbocycles. The smallest absolute Gasteiger partial charge is 0.0163 e. The van der Waals surface area contributed by atoms with Crippen LogP contribution in [-0.4, -0.2) is 0 Å². The van der Waals surface area contributed by atoms with Crippen molar-refractivity contribution in [1.29, 1.82) is 0 Å². The Labute approximate surface area is 117 Å². The van der Waals surface area contributed by atoms with Gasteiger partial charge in [-0.3, -0.25) is 0 Å². The normalized spacial score (nSPS) is 24.4. The van der Waals surface area contributed by atoms with Crippen LogP contribution in [0.4, 0.5) is 0 Å². The number of hydrogen-bond acceptors (Lipinski definition) is 0. The molecule has 19 heavy (non-hydrogen) atoms. The second kappa shape index (κ2) is 8.53. The van der Waals surface area contributed by atoms with Gasteiger partial charge in [-0.1, -0.05) is 72.4 Å². The van der Waals surface area contributed by atoms with Crippen molar-refractivity contribution in [3.05, 3.63) is 72.4 Å². The molecule has 4 aliphatic carbocycles. The predicted molar refractivity (Wildman–Crippen MR) is 85.0 cm³/mol. The van der Waals surface area contributed by atoms with Crippen LogP contribution >= 0.6 is 0 Å². The molecule has 0 spiro atoms. The lowest BCUT2D eigenvalue weighted by molar-refractivity contribution is 0.633. The van der Waals surface area contributed by atoms with Crippen LogP contribution in [0.2, 0.25) is 0 Å². The van der Waals surface area contributed by atoms with E-state index in [0.29, 0.717) is 0 Å². The number of allylic oxidation sites excluding steroid dienone is 12. The SMILES string of the molecule is C1=CCC2CCCC2=C1.C1=CCC=C1.C1=CCC=C1. The van der Waals surface area contributed by atoms with Crippen molar-refractivity contribution in [3.63, 3.8) is 0 Å². The zero-order valence-corrected chi connectivity index (χ0v) is 11.7. The topological polar surface area (TPSA) is 0 Å². The molecule has 0 amide bonds. The van der Waals surface area contributed by atoms with Crippen LogP contribution in [0.15, 0.2) is 72.4 Å². The summed E-state index contributed by atoms with van der Waals surface area (Å²) < 4.78 is 0. The van der Waals surface area contributed by atoms with E-state index in [4.69, 9.17) is 0 Å². The second-order valence-electron chi connectivity index (χ2n) is 5.18. The molecule has 1 unspecified atom stereocenters. The fourth-order valence-corrected chi connectivity index (χ4v) is 2.65. The quantitative estimate of drug-likeness (QED) is 0.520. The summed E-state index contributed by atoms with van der Waals surface area (Å²) in [5, 5.41) is 0. The fraction of sp³-hybridized carbons (Fsp3) is 0.368. The Morgan fingerprint density at radius 1 is 0.737 bits per heavy atom.